The fourth-order valence-corrected chi connectivity index (χ4v) is 4.67. The quantitative estimate of drug-likeness (QED) is 0.436. The first-order chi connectivity index (χ1) is 17.4. The SMILES string of the molecule is Cc1nnnn1C1(OCc2cccc(C(F)(F)F)c2)CCCN(C(=O)OC(C)(C)C)C1c1ccccc1. The van der Waals surface area contributed by atoms with Gasteiger partial charge in [-0.15, -0.1) is 5.10 Å². The molecule has 198 valence electrons. The summed E-state index contributed by atoms with van der Waals surface area (Å²) in [5.41, 5.74) is -1.71. The lowest BCUT2D eigenvalue weighted by atomic mass is 9.86. The molecule has 37 heavy (non-hydrogen) atoms. The third kappa shape index (κ3) is 5.76. The van der Waals surface area contributed by atoms with Gasteiger partial charge in [-0.3, -0.25) is 4.90 Å². The summed E-state index contributed by atoms with van der Waals surface area (Å²) in [6, 6.07) is 13.6. The molecule has 0 spiro atoms. The highest BCUT2D eigenvalue weighted by atomic mass is 19.4. The van der Waals surface area contributed by atoms with Crippen LogP contribution in [0, 0.1) is 6.92 Å². The van der Waals surface area contributed by atoms with Gasteiger partial charge in [0.05, 0.1) is 12.2 Å². The molecule has 1 amide bonds. The molecule has 1 saturated heterocycles. The molecule has 1 fully saturated rings. The Labute approximate surface area is 213 Å². The Kier molecular flexibility index (Phi) is 7.27. The number of rotatable bonds is 5. The van der Waals surface area contributed by atoms with Crippen LogP contribution in [-0.2, 0) is 28.0 Å². The number of likely N-dealkylation sites (tertiary alicyclic amines) is 1. The number of aromatic nitrogens is 4. The zero-order valence-electron chi connectivity index (χ0n) is 21.2. The monoisotopic (exact) mass is 517 g/mol. The zero-order valence-corrected chi connectivity index (χ0v) is 21.2. The van der Waals surface area contributed by atoms with Gasteiger partial charge in [0, 0.05) is 13.0 Å². The number of tetrazole rings is 1. The maximum absolute atomic E-state index is 13.4. The molecule has 1 aliphatic rings. The fraction of sp³-hybridized carbons (Fsp3) is 0.462. The van der Waals surface area contributed by atoms with Crippen molar-refractivity contribution in [3.05, 3.63) is 77.1 Å². The van der Waals surface area contributed by atoms with E-state index in [9.17, 15) is 18.0 Å². The van der Waals surface area contributed by atoms with E-state index in [-0.39, 0.29) is 6.61 Å². The van der Waals surface area contributed by atoms with Gasteiger partial charge in [-0.25, -0.2) is 4.79 Å². The summed E-state index contributed by atoms with van der Waals surface area (Å²) in [6.07, 6.45) is -4.06. The Morgan fingerprint density at radius 3 is 2.46 bits per heavy atom. The molecular weight excluding hydrogens is 487 g/mol. The number of nitrogens with zero attached hydrogens (tertiary/aromatic N) is 5. The van der Waals surface area contributed by atoms with Gasteiger partial charge in [0.15, 0.2) is 11.5 Å². The topological polar surface area (TPSA) is 82.4 Å². The van der Waals surface area contributed by atoms with E-state index in [4.69, 9.17) is 9.47 Å². The number of aryl methyl sites for hydroxylation is 1. The van der Waals surface area contributed by atoms with Crippen molar-refractivity contribution in [1.82, 2.24) is 25.1 Å². The molecule has 0 bridgehead atoms. The van der Waals surface area contributed by atoms with Gasteiger partial charge in [-0.2, -0.15) is 17.9 Å². The number of alkyl halides is 3. The molecule has 0 saturated carbocycles. The number of halogens is 3. The molecule has 2 heterocycles. The van der Waals surface area contributed by atoms with E-state index >= 15 is 0 Å². The zero-order chi connectivity index (χ0) is 26.8. The van der Waals surface area contributed by atoms with Crippen molar-refractivity contribution in [2.45, 2.75) is 70.7 Å². The van der Waals surface area contributed by atoms with Crippen LogP contribution >= 0.6 is 0 Å². The molecule has 0 radical (unpaired) electrons. The first kappa shape index (κ1) is 26.6. The van der Waals surface area contributed by atoms with Crippen LogP contribution in [0.15, 0.2) is 54.6 Å². The van der Waals surface area contributed by atoms with E-state index in [1.165, 1.54) is 10.7 Å². The first-order valence-electron chi connectivity index (χ1n) is 12.0. The summed E-state index contributed by atoms with van der Waals surface area (Å²) in [7, 11) is 0. The number of hydrogen-bond donors (Lipinski definition) is 0. The summed E-state index contributed by atoms with van der Waals surface area (Å²) >= 11 is 0. The highest BCUT2D eigenvalue weighted by molar-refractivity contribution is 5.69. The van der Waals surface area contributed by atoms with E-state index < -0.39 is 35.2 Å². The first-order valence-corrected chi connectivity index (χ1v) is 12.0. The smallest absolute Gasteiger partial charge is 0.416 e. The fourth-order valence-electron chi connectivity index (χ4n) is 4.67. The van der Waals surface area contributed by atoms with Crippen molar-refractivity contribution in [2.24, 2.45) is 0 Å². The van der Waals surface area contributed by atoms with Crippen LogP contribution in [-0.4, -0.2) is 43.3 Å². The molecule has 0 N–H and O–H groups in total. The molecular formula is C26H30F3N5O3. The van der Waals surface area contributed by atoms with Crippen molar-refractivity contribution >= 4 is 6.09 Å². The van der Waals surface area contributed by atoms with E-state index in [1.807, 2.05) is 30.3 Å². The molecule has 3 aromatic rings. The number of carbonyl (C=O) groups excluding carboxylic acids is 1. The van der Waals surface area contributed by atoms with Crippen molar-refractivity contribution < 1.29 is 27.4 Å². The number of carbonyl (C=O) groups is 1. The summed E-state index contributed by atoms with van der Waals surface area (Å²) < 4.78 is 53.8. The van der Waals surface area contributed by atoms with Crippen molar-refractivity contribution in [3.8, 4) is 0 Å². The third-order valence-corrected chi connectivity index (χ3v) is 6.14. The number of piperidine rings is 1. The van der Waals surface area contributed by atoms with Gasteiger partial charge in [0.1, 0.15) is 11.6 Å². The second-order valence-electron chi connectivity index (χ2n) is 10.1. The second-order valence-corrected chi connectivity index (χ2v) is 10.1. The summed E-state index contributed by atoms with van der Waals surface area (Å²) in [5, 5.41) is 12.0. The normalized spacial score (nSPS) is 20.6. The Bertz CT molecular complexity index is 1230. The maximum atomic E-state index is 13.4. The molecule has 2 unspecified atom stereocenters. The minimum Gasteiger partial charge on any atom is -0.444 e. The number of amides is 1. The predicted octanol–water partition coefficient (Wildman–Crippen LogP) is 5.64. The van der Waals surface area contributed by atoms with Crippen LogP contribution in [0.5, 0.6) is 0 Å². The summed E-state index contributed by atoms with van der Waals surface area (Å²) in [4.78, 5) is 15.0. The number of benzene rings is 2. The average Bonchev–Trinajstić information content (AvgIpc) is 3.28. The number of ether oxygens (including phenoxy) is 2. The highest BCUT2D eigenvalue weighted by Crippen LogP contribution is 2.46. The van der Waals surface area contributed by atoms with Gasteiger partial charge in [0.25, 0.3) is 0 Å². The molecule has 4 rings (SSSR count). The van der Waals surface area contributed by atoms with Gasteiger partial charge in [-0.05, 0) is 67.8 Å². The van der Waals surface area contributed by atoms with E-state index in [2.05, 4.69) is 15.5 Å². The summed E-state index contributed by atoms with van der Waals surface area (Å²) in [6.45, 7) is 7.31. The van der Waals surface area contributed by atoms with Crippen molar-refractivity contribution in [2.75, 3.05) is 6.54 Å². The van der Waals surface area contributed by atoms with Crippen LogP contribution in [0.2, 0.25) is 0 Å². The van der Waals surface area contributed by atoms with Gasteiger partial charge < -0.3 is 9.47 Å². The second kappa shape index (κ2) is 10.1. The van der Waals surface area contributed by atoms with Crippen LogP contribution in [0.3, 0.4) is 0 Å². The Balaban J connectivity index is 1.81. The molecule has 8 nitrogen and oxygen atoms in total. The largest absolute Gasteiger partial charge is 0.444 e. The van der Waals surface area contributed by atoms with E-state index in [1.54, 1.807) is 38.7 Å². The van der Waals surface area contributed by atoms with Crippen LogP contribution in [0.25, 0.3) is 0 Å². The van der Waals surface area contributed by atoms with Gasteiger partial charge in [-0.1, -0.05) is 42.5 Å². The number of hydrogen-bond acceptors (Lipinski definition) is 6. The lowest BCUT2D eigenvalue weighted by Gasteiger charge is -2.49. The third-order valence-electron chi connectivity index (χ3n) is 6.14. The standard InChI is InChI=1S/C26H30F3N5O3/c1-18-30-31-32-34(18)25(36-17-19-10-8-13-21(16-19)26(27,28)29)14-9-15-33(23(35)37-24(2,3)4)22(25)20-11-6-5-7-12-20/h5-8,10-13,16,22H,9,14-15,17H2,1-4H3. The molecule has 2 aromatic carbocycles. The maximum Gasteiger partial charge on any atom is 0.416 e. The van der Waals surface area contributed by atoms with E-state index in [0.717, 1.165) is 17.7 Å². The Morgan fingerprint density at radius 1 is 1.11 bits per heavy atom. The molecule has 0 aliphatic carbocycles. The van der Waals surface area contributed by atoms with Crippen molar-refractivity contribution in [3.63, 3.8) is 0 Å². The predicted molar refractivity (Wildman–Crippen MR) is 128 cm³/mol. The minimum atomic E-state index is -4.48. The van der Waals surface area contributed by atoms with Crippen LogP contribution in [0.4, 0.5) is 18.0 Å². The minimum absolute atomic E-state index is 0.158. The van der Waals surface area contributed by atoms with Crippen LogP contribution < -0.4 is 0 Å². The van der Waals surface area contributed by atoms with E-state index in [0.29, 0.717) is 30.8 Å². The molecule has 1 aromatic heterocycles. The lowest BCUT2D eigenvalue weighted by molar-refractivity contribution is -0.197. The Hall–Kier alpha value is -3.47. The average molecular weight is 518 g/mol. The summed E-state index contributed by atoms with van der Waals surface area (Å²) in [5.74, 6) is 0.441. The van der Waals surface area contributed by atoms with Gasteiger partial charge in [0.2, 0.25) is 0 Å². The molecule has 1 aliphatic heterocycles. The lowest BCUT2D eigenvalue weighted by Crippen LogP contribution is -2.56. The molecule has 2 atom stereocenters. The molecule has 11 heteroatoms. The van der Waals surface area contributed by atoms with Gasteiger partial charge >= 0.3 is 12.3 Å². The van der Waals surface area contributed by atoms with Crippen molar-refractivity contribution in [1.29, 1.82) is 0 Å². The highest BCUT2D eigenvalue weighted by Gasteiger charge is 2.52. The van der Waals surface area contributed by atoms with Crippen LogP contribution in [0.1, 0.15) is 62.2 Å². The Morgan fingerprint density at radius 2 is 1.84 bits per heavy atom.